The molecule has 3 aromatic rings. The molecule has 0 fully saturated rings. The molecule has 0 spiro atoms. The summed E-state index contributed by atoms with van der Waals surface area (Å²) in [5, 5.41) is 14.9. The molecule has 0 aliphatic heterocycles. The smallest absolute Gasteiger partial charge is 0.262 e. The van der Waals surface area contributed by atoms with Crippen molar-refractivity contribution in [2.75, 3.05) is 12.4 Å². The Labute approximate surface area is 110 Å². The third kappa shape index (κ3) is 1.89. The predicted molar refractivity (Wildman–Crippen MR) is 72.4 cm³/mol. The molecule has 0 aromatic carbocycles. The molecule has 0 amide bonds. The van der Waals surface area contributed by atoms with Crippen LogP contribution in [0.25, 0.3) is 10.2 Å². The number of aromatic nitrogens is 4. The van der Waals surface area contributed by atoms with E-state index in [1.165, 1.54) is 22.7 Å². The van der Waals surface area contributed by atoms with E-state index in [1.54, 1.807) is 24.0 Å². The van der Waals surface area contributed by atoms with Gasteiger partial charge < -0.3 is 5.32 Å². The summed E-state index contributed by atoms with van der Waals surface area (Å²) in [6.07, 6.45) is 1.56. The van der Waals surface area contributed by atoms with E-state index in [2.05, 4.69) is 20.5 Å². The van der Waals surface area contributed by atoms with Gasteiger partial charge in [-0.05, 0) is 11.4 Å². The van der Waals surface area contributed by atoms with Gasteiger partial charge in [-0.15, -0.1) is 21.5 Å². The molecule has 1 N–H and O–H groups in total. The van der Waals surface area contributed by atoms with E-state index in [1.807, 2.05) is 5.38 Å². The van der Waals surface area contributed by atoms with E-state index in [0.29, 0.717) is 11.9 Å². The maximum Gasteiger partial charge on any atom is 0.262 e. The second-order valence-electron chi connectivity index (χ2n) is 3.57. The highest BCUT2D eigenvalue weighted by Gasteiger charge is 2.08. The number of hydrogen-bond acceptors (Lipinski definition) is 7. The van der Waals surface area contributed by atoms with Crippen molar-refractivity contribution in [3.8, 4) is 0 Å². The van der Waals surface area contributed by atoms with Gasteiger partial charge in [-0.2, -0.15) is 0 Å². The molecule has 3 aromatic heterocycles. The van der Waals surface area contributed by atoms with Crippen LogP contribution < -0.4 is 10.9 Å². The highest BCUT2D eigenvalue weighted by atomic mass is 32.1. The van der Waals surface area contributed by atoms with Crippen LogP contribution in [0.15, 0.2) is 22.6 Å². The van der Waals surface area contributed by atoms with Gasteiger partial charge in [-0.1, -0.05) is 11.3 Å². The Kier molecular flexibility index (Phi) is 2.80. The number of anilines is 1. The van der Waals surface area contributed by atoms with Crippen molar-refractivity contribution in [1.82, 2.24) is 19.7 Å². The number of fused-ring (bicyclic) bond motifs is 1. The molecule has 0 saturated carbocycles. The second-order valence-corrected chi connectivity index (χ2v) is 5.52. The minimum Gasteiger partial charge on any atom is -0.363 e. The average molecular weight is 279 g/mol. The molecular weight excluding hydrogens is 270 g/mol. The largest absolute Gasteiger partial charge is 0.363 e. The minimum atomic E-state index is -0.0394. The number of thiophene rings is 1. The SMILES string of the molecule is CNc1nnc(Cn2cnc3sccc3c2=O)s1. The van der Waals surface area contributed by atoms with Crippen molar-refractivity contribution in [3.05, 3.63) is 33.1 Å². The van der Waals surface area contributed by atoms with Gasteiger partial charge in [0.05, 0.1) is 18.3 Å². The van der Waals surface area contributed by atoms with Crippen molar-refractivity contribution in [2.24, 2.45) is 0 Å². The van der Waals surface area contributed by atoms with Crippen LogP contribution in [-0.4, -0.2) is 26.8 Å². The van der Waals surface area contributed by atoms with Crippen molar-refractivity contribution < 1.29 is 0 Å². The van der Waals surface area contributed by atoms with E-state index in [0.717, 1.165) is 15.0 Å². The lowest BCUT2D eigenvalue weighted by atomic mass is 10.4. The first-order chi connectivity index (χ1) is 8.78. The topological polar surface area (TPSA) is 72.7 Å². The standard InChI is InChI=1S/C10H9N5OS2/c1-11-10-14-13-7(18-10)4-15-5-12-8-6(9(15)16)2-3-17-8/h2-3,5H,4H2,1H3,(H,11,14). The Hall–Kier alpha value is -1.80. The fraction of sp³-hybridized carbons (Fsp3) is 0.200. The first-order valence-electron chi connectivity index (χ1n) is 5.20. The van der Waals surface area contributed by atoms with Crippen LogP contribution >= 0.6 is 22.7 Å². The molecule has 3 heterocycles. The quantitative estimate of drug-likeness (QED) is 0.784. The van der Waals surface area contributed by atoms with Gasteiger partial charge in [0.1, 0.15) is 9.84 Å². The molecule has 0 bridgehead atoms. The third-order valence-corrected chi connectivity index (χ3v) is 4.18. The van der Waals surface area contributed by atoms with E-state index >= 15 is 0 Å². The summed E-state index contributed by atoms with van der Waals surface area (Å²) < 4.78 is 1.55. The lowest BCUT2D eigenvalue weighted by Crippen LogP contribution is -2.20. The Bertz CT molecular complexity index is 744. The molecule has 0 unspecified atom stereocenters. The average Bonchev–Trinajstić information content (AvgIpc) is 3.01. The van der Waals surface area contributed by atoms with Crippen LogP contribution in [0, 0.1) is 0 Å². The molecular formula is C10H9N5OS2. The van der Waals surface area contributed by atoms with E-state index in [9.17, 15) is 4.79 Å². The summed E-state index contributed by atoms with van der Waals surface area (Å²) in [5.74, 6) is 0. The Morgan fingerprint density at radius 3 is 3.11 bits per heavy atom. The number of nitrogens with one attached hydrogen (secondary N) is 1. The molecule has 18 heavy (non-hydrogen) atoms. The van der Waals surface area contributed by atoms with Crippen LogP contribution in [-0.2, 0) is 6.54 Å². The van der Waals surface area contributed by atoms with Crippen molar-refractivity contribution in [2.45, 2.75) is 6.54 Å². The first kappa shape index (κ1) is 11.3. The molecule has 3 rings (SSSR count). The van der Waals surface area contributed by atoms with Crippen LogP contribution in [0.2, 0.25) is 0 Å². The molecule has 0 radical (unpaired) electrons. The van der Waals surface area contributed by atoms with Gasteiger partial charge >= 0.3 is 0 Å². The third-order valence-electron chi connectivity index (χ3n) is 2.44. The predicted octanol–water partition coefficient (Wildman–Crippen LogP) is 1.40. The summed E-state index contributed by atoms with van der Waals surface area (Å²) in [6.45, 7) is 0.400. The van der Waals surface area contributed by atoms with E-state index < -0.39 is 0 Å². The summed E-state index contributed by atoms with van der Waals surface area (Å²) in [7, 11) is 1.79. The highest BCUT2D eigenvalue weighted by Crippen LogP contribution is 2.16. The maximum atomic E-state index is 12.1. The van der Waals surface area contributed by atoms with Gasteiger partial charge in [-0.3, -0.25) is 9.36 Å². The monoisotopic (exact) mass is 279 g/mol. The summed E-state index contributed by atoms with van der Waals surface area (Å²) in [6, 6.07) is 1.80. The number of nitrogens with zero attached hydrogens (tertiary/aromatic N) is 4. The second kappa shape index (κ2) is 4.46. The first-order valence-corrected chi connectivity index (χ1v) is 6.90. The fourth-order valence-corrected chi connectivity index (χ4v) is 2.99. The molecule has 0 aliphatic rings. The van der Waals surface area contributed by atoms with Crippen molar-refractivity contribution in [3.63, 3.8) is 0 Å². The fourth-order valence-electron chi connectivity index (χ4n) is 1.57. The molecule has 8 heteroatoms. The summed E-state index contributed by atoms with van der Waals surface area (Å²) in [5.41, 5.74) is -0.0394. The Balaban J connectivity index is 1.99. The van der Waals surface area contributed by atoms with Crippen molar-refractivity contribution in [1.29, 1.82) is 0 Å². The minimum absolute atomic E-state index is 0.0394. The summed E-state index contributed by atoms with van der Waals surface area (Å²) >= 11 is 2.89. The Morgan fingerprint density at radius 2 is 2.33 bits per heavy atom. The van der Waals surface area contributed by atoms with Gasteiger partial charge in [-0.25, -0.2) is 4.98 Å². The highest BCUT2D eigenvalue weighted by molar-refractivity contribution is 7.16. The van der Waals surface area contributed by atoms with E-state index in [-0.39, 0.29) is 5.56 Å². The van der Waals surface area contributed by atoms with Crippen molar-refractivity contribution >= 4 is 38.0 Å². The molecule has 0 atom stereocenters. The maximum absolute atomic E-state index is 12.1. The van der Waals surface area contributed by atoms with Gasteiger partial charge in [0.15, 0.2) is 0 Å². The molecule has 0 aliphatic carbocycles. The molecule has 6 nitrogen and oxygen atoms in total. The zero-order valence-corrected chi connectivity index (χ0v) is 11.1. The number of hydrogen-bond donors (Lipinski definition) is 1. The number of rotatable bonds is 3. The Morgan fingerprint density at radius 1 is 1.44 bits per heavy atom. The van der Waals surface area contributed by atoms with Gasteiger partial charge in [0.2, 0.25) is 5.13 Å². The van der Waals surface area contributed by atoms with Crippen LogP contribution in [0.3, 0.4) is 0 Å². The van der Waals surface area contributed by atoms with E-state index in [4.69, 9.17) is 0 Å². The van der Waals surface area contributed by atoms with Gasteiger partial charge in [0, 0.05) is 7.05 Å². The lowest BCUT2D eigenvalue weighted by molar-refractivity contribution is 0.735. The van der Waals surface area contributed by atoms with Gasteiger partial charge in [0.25, 0.3) is 5.56 Å². The van der Waals surface area contributed by atoms with Crippen LogP contribution in [0.1, 0.15) is 5.01 Å². The zero-order valence-electron chi connectivity index (χ0n) is 9.45. The molecule has 92 valence electrons. The van der Waals surface area contributed by atoms with Crippen LogP contribution in [0.5, 0.6) is 0 Å². The summed E-state index contributed by atoms with van der Waals surface area (Å²) in [4.78, 5) is 17.2. The zero-order chi connectivity index (χ0) is 12.5. The van der Waals surface area contributed by atoms with Crippen LogP contribution in [0.4, 0.5) is 5.13 Å². The lowest BCUT2D eigenvalue weighted by Gasteiger charge is -2.01. The molecule has 0 saturated heterocycles. The normalized spacial score (nSPS) is 10.9.